The van der Waals surface area contributed by atoms with E-state index in [0.717, 1.165) is 5.69 Å². The number of hydrogen-bond donors (Lipinski definition) is 3. The van der Waals surface area contributed by atoms with Gasteiger partial charge < -0.3 is 25.0 Å². The van der Waals surface area contributed by atoms with Crippen LogP contribution in [0, 0.1) is 0 Å². The van der Waals surface area contributed by atoms with E-state index in [2.05, 4.69) is 15.3 Å². The number of urea groups is 1. The van der Waals surface area contributed by atoms with Crippen molar-refractivity contribution in [1.29, 1.82) is 0 Å². The van der Waals surface area contributed by atoms with Crippen LogP contribution in [0.15, 0.2) is 12.5 Å². The van der Waals surface area contributed by atoms with Gasteiger partial charge in [-0.25, -0.2) is 14.6 Å². The van der Waals surface area contributed by atoms with Gasteiger partial charge in [-0.05, 0) is 0 Å². The molecule has 1 aromatic heterocycles. The van der Waals surface area contributed by atoms with E-state index >= 15 is 0 Å². The molecule has 19 heavy (non-hydrogen) atoms. The van der Waals surface area contributed by atoms with Crippen molar-refractivity contribution in [3.05, 3.63) is 18.2 Å². The molecule has 2 amide bonds. The van der Waals surface area contributed by atoms with E-state index in [1.54, 1.807) is 6.20 Å². The van der Waals surface area contributed by atoms with Gasteiger partial charge in [0, 0.05) is 26.3 Å². The number of carboxylic acids is 1. The first-order chi connectivity index (χ1) is 9.11. The van der Waals surface area contributed by atoms with E-state index in [1.807, 2.05) is 0 Å². The number of nitrogens with zero attached hydrogens (tertiary/aromatic N) is 2. The number of carbonyl (C=O) groups is 2. The number of likely N-dealkylation sites (tertiary alicyclic amines) is 1. The highest BCUT2D eigenvalue weighted by atomic mass is 16.5. The number of ether oxygens (including phenoxy) is 1. The maximum Gasteiger partial charge on any atom is 0.326 e. The van der Waals surface area contributed by atoms with Crippen LogP contribution in [0.1, 0.15) is 12.1 Å². The minimum Gasteiger partial charge on any atom is -0.480 e. The molecule has 104 valence electrons. The topological polar surface area (TPSA) is 108 Å². The molecule has 1 aliphatic heterocycles. The number of carbonyl (C=O) groups excluding carboxylic acids is 1. The number of imidazole rings is 1. The summed E-state index contributed by atoms with van der Waals surface area (Å²) in [7, 11) is 1.51. The normalized spacial score (nSPS) is 22.5. The van der Waals surface area contributed by atoms with Gasteiger partial charge in [-0.3, -0.25) is 0 Å². The van der Waals surface area contributed by atoms with Crippen LogP contribution in [-0.2, 0) is 16.1 Å². The van der Waals surface area contributed by atoms with E-state index < -0.39 is 18.0 Å². The van der Waals surface area contributed by atoms with Crippen molar-refractivity contribution in [2.75, 3.05) is 13.7 Å². The highest BCUT2D eigenvalue weighted by Crippen LogP contribution is 2.20. The van der Waals surface area contributed by atoms with E-state index in [4.69, 9.17) is 9.84 Å². The molecule has 2 rings (SSSR count). The first kappa shape index (κ1) is 13.3. The van der Waals surface area contributed by atoms with E-state index in [9.17, 15) is 9.59 Å². The highest BCUT2D eigenvalue weighted by Gasteiger charge is 2.39. The SMILES string of the molecule is COC1CC(C(=O)O)N(C(=O)NCc2cnc[nH]2)C1. The van der Waals surface area contributed by atoms with Crippen LogP contribution in [0.5, 0.6) is 0 Å². The lowest BCUT2D eigenvalue weighted by Gasteiger charge is -2.21. The van der Waals surface area contributed by atoms with Gasteiger partial charge in [-0.1, -0.05) is 0 Å². The third kappa shape index (κ3) is 3.02. The zero-order valence-electron chi connectivity index (χ0n) is 10.5. The highest BCUT2D eigenvalue weighted by molar-refractivity contribution is 5.83. The summed E-state index contributed by atoms with van der Waals surface area (Å²) >= 11 is 0. The summed E-state index contributed by atoms with van der Waals surface area (Å²) in [4.78, 5) is 31.1. The first-order valence-electron chi connectivity index (χ1n) is 5.89. The van der Waals surface area contributed by atoms with Gasteiger partial charge >= 0.3 is 12.0 Å². The molecule has 1 aromatic rings. The molecule has 8 nitrogen and oxygen atoms in total. The molecular formula is C11H16N4O4. The maximum atomic E-state index is 12.0. The fourth-order valence-electron chi connectivity index (χ4n) is 2.08. The molecule has 8 heteroatoms. The molecular weight excluding hydrogens is 252 g/mol. The summed E-state index contributed by atoms with van der Waals surface area (Å²) in [5, 5.41) is 11.8. The predicted molar refractivity (Wildman–Crippen MR) is 64.4 cm³/mol. The average Bonchev–Trinajstić information content (AvgIpc) is 3.04. The zero-order chi connectivity index (χ0) is 13.8. The van der Waals surface area contributed by atoms with Gasteiger partial charge in [0.15, 0.2) is 0 Å². The number of carboxylic acid groups (broad SMARTS) is 1. The van der Waals surface area contributed by atoms with Gasteiger partial charge in [-0.15, -0.1) is 0 Å². The Hall–Kier alpha value is -2.09. The van der Waals surface area contributed by atoms with Crippen LogP contribution in [0.4, 0.5) is 4.79 Å². The van der Waals surface area contributed by atoms with Crippen LogP contribution in [0.3, 0.4) is 0 Å². The van der Waals surface area contributed by atoms with Crippen LogP contribution < -0.4 is 5.32 Å². The zero-order valence-corrected chi connectivity index (χ0v) is 10.5. The van der Waals surface area contributed by atoms with E-state index in [-0.39, 0.29) is 19.2 Å². The molecule has 0 radical (unpaired) electrons. The molecule has 1 saturated heterocycles. The molecule has 2 heterocycles. The van der Waals surface area contributed by atoms with E-state index in [0.29, 0.717) is 6.42 Å². The van der Waals surface area contributed by atoms with Gasteiger partial charge in [0.05, 0.1) is 24.7 Å². The largest absolute Gasteiger partial charge is 0.480 e. The number of amides is 2. The summed E-state index contributed by atoms with van der Waals surface area (Å²) in [5.74, 6) is -1.02. The molecule has 2 unspecified atom stereocenters. The van der Waals surface area contributed by atoms with E-state index in [1.165, 1.54) is 18.3 Å². The van der Waals surface area contributed by atoms with Crippen molar-refractivity contribution in [2.45, 2.75) is 25.1 Å². The Bertz CT molecular complexity index is 448. The summed E-state index contributed by atoms with van der Waals surface area (Å²) in [6, 6.07) is -1.26. The molecule has 0 spiro atoms. The lowest BCUT2D eigenvalue weighted by molar-refractivity contribution is -0.141. The number of methoxy groups -OCH3 is 1. The Labute approximate surface area is 109 Å². The number of aromatic nitrogens is 2. The number of aliphatic carboxylic acids is 1. The number of hydrogen-bond acceptors (Lipinski definition) is 4. The molecule has 0 aromatic carbocycles. The Balaban J connectivity index is 1.94. The number of H-pyrrole nitrogens is 1. The molecule has 1 aliphatic rings. The third-order valence-corrected chi connectivity index (χ3v) is 3.13. The third-order valence-electron chi connectivity index (χ3n) is 3.13. The number of nitrogens with one attached hydrogen (secondary N) is 2. The molecule has 0 saturated carbocycles. The van der Waals surface area contributed by atoms with Crippen molar-refractivity contribution < 1.29 is 19.4 Å². The molecule has 3 N–H and O–H groups in total. The van der Waals surface area contributed by atoms with Gasteiger partial charge in [0.2, 0.25) is 0 Å². The second-order valence-corrected chi connectivity index (χ2v) is 4.34. The fraction of sp³-hybridized carbons (Fsp3) is 0.545. The lowest BCUT2D eigenvalue weighted by Crippen LogP contribution is -2.46. The summed E-state index contributed by atoms with van der Waals surface area (Å²) in [5.41, 5.74) is 0.753. The van der Waals surface area contributed by atoms with Crippen molar-refractivity contribution >= 4 is 12.0 Å². The minimum absolute atomic E-state index is 0.237. The van der Waals surface area contributed by atoms with Gasteiger partial charge in [0.25, 0.3) is 0 Å². The number of rotatable bonds is 4. The summed E-state index contributed by atoms with van der Waals surface area (Å²) in [6.07, 6.45) is 3.18. The van der Waals surface area contributed by atoms with Crippen molar-refractivity contribution in [2.24, 2.45) is 0 Å². The van der Waals surface area contributed by atoms with Gasteiger partial charge in [0.1, 0.15) is 6.04 Å². The number of aromatic amines is 1. The summed E-state index contributed by atoms with van der Waals surface area (Å²) < 4.78 is 5.12. The van der Waals surface area contributed by atoms with Crippen molar-refractivity contribution in [3.63, 3.8) is 0 Å². The monoisotopic (exact) mass is 268 g/mol. The molecule has 1 fully saturated rings. The maximum absolute atomic E-state index is 12.0. The van der Waals surface area contributed by atoms with Crippen molar-refractivity contribution in [3.8, 4) is 0 Å². The second-order valence-electron chi connectivity index (χ2n) is 4.34. The second kappa shape index (κ2) is 5.70. The predicted octanol–water partition coefficient (Wildman–Crippen LogP) is -0.207. The van der Waals surface area contributed by atoms with Crippen molar-refractivity contribution in [1.82, 2.24) is 20.2 Å². The Morgan fingerprint density at radius 2 is 2.47 bits per heavy atom. The van der Waals surface area contributed by atoms with Gasteiger partial charge in [-0.2, -0.15) is 0 Å². The Morgan fingerprint density at radius 1 is 1.68 bits per heavy atom. The minimum atomic E-state index is -1.02. The van der Waals surface area contributed by atoms with Crippen LogP contribution in [-0.4, -0.2) is 57.8 Å². The fourth-order valence-corrected chi connectivity index (χ4v) is 2.08. The lowest BCUT2D eigenvalue weighted by atomic mass is 10.2. The molecule has 2 atom stereocenters. The Morgan fingerprint density at radius 3 is 3.05 bits per heavy atom. The molecule has 0 bridgehead atoms. The first-order valence-corrected chi connectivity index (χ1v) is 5.89. The quantitative estimate of drug-likeness (QED) is 0.700. The average molecular weight is 268 g/mol. The molecule has 0 aliphatic carbocycles. The Kier molecular flexibility index (Phi) is 4.00. The van der Waals surface area contributed by atoms with Crippen LogP contribution >= 0.6 is 0 Å². The standard InChI is InChI=1S/C11H16N4O4/c1-19-8-2-9(10(16)17)15(5-8)11(18)13-4-7-3-12-6-14-7/h3,6,8-9H,2,4-5H2,1H3,(H,12,14)(H,13,18)(H,16,17). The van der Waals surface area contributed by atoms with Crippen LogP contribution in [0.25, 0.3) is 0 Å². The smallest absolute Gasteiger partial charge is 0.326 e. The van der Waals surface area contributed by atoms with Crippen LogP contribution in [0.2, 0.25) is 0 Å². The summed E-state index contributed by atoms with van der Waals surface area (Å²) in [6.45, 7) is 0.557.